The van der Waals surface area contributed by atoms with Crippen molar-refractivity contribution in [2.45, 2.75) is 19.4 Å². The number of hydrogen-bond acceptors (Lipinski definition) is 5. The van der Waals surface area contributed by atoms with Gasteiger partial charge in [-0.25, -0.2) is 4.79 Å². The maximum Gasteiger partial charge on any atom is 0.319 e. The molecule has 0 atom stereocenters. The highest BCUT2D eigenvalue weighted by atomic mass is 35.5. The van der Waals surface area contributed by atoms with E-state index in [0.717, 1.165) is 37.2 Å². The number of rotatable bonds is 6. The number of benzene rings is 2. The van der Waals surface area contributed by atoms with Crippen LogP contribution in [0.4, 0.5) is 21.9 Å². The highest BCUT2D eigenvalue weighted by Crippen LogP contribution is 2.26. The van der Waals surface area contributed by atoms with E-state index < -0.39 is 11.0 Å². The van der Waals surface area contributed by atoms with E-state index >= 15 is 0 Å². The second-order valence-electron chi connectivity index (χ2n) is 7.01. The van der Waals surface area contributed by atoms with E-state index in [0.29, 0.717) is 18.2 Å². The van der Waals surface area contributed by atoms with E-state index in [1.54, 1.807) is 0 Å². The number of nitro groups is 1. The number of piperidine rings is 1. The van der Waals surface area contributed by atoms with Gasteiger partial charge < -0.3 is 20.6 Å². The van der Waals surface area contributed by atoms with Crippen molar-refractivity contribution in [3.05, 3.63) is 63.2 Å². The van der Waals surface area contributed by atoms with E-state index in [-0.39, 0.29) is 17.3 Å². The molecular formula is C20H23ClN4O4. The van der Waals surface area contributed by atoms with E-state index in [9.17, 15) is 20.0 Å². The molecule has 1 saturated heterocycles. The number of anilines is 2. The zero-order valence-electron chi connectivity index (χ0n) is 15.8. The molecule has 2 amide bonds. The predicted octanol–water partition coefficient (Wildman–Crippen LogP) is 3.78. The smallest absolute Gasteiger partial charge is 0.319 e. The van der Waals surface area contributed by atoms with Crippen LogP contribution in [0.5, 0.6) is 0 Å². The summed E-state index contributed by atoms with van der Waals surface area (Å²) in [6.45, 7) is 2.46. The van der Waals surface area contributed by atoms with Crippen LogP contribution in [0.25, 0.3) is 0 Å². The normalized spacial score (nSPS) is 14.5. The van der Waals surface area contributed by atoms with Crippen molar-refractivity contribution in [1.82, 2.24) is 5.32 Å². The fourth-order valence-corrected chi connectivity index (χ4v) is 3.49. The van der Waals surface area contributed by atoms with E-state index in [4.69, 9.17) is 11.6 Å². The van der Waals surface area contributed by atoms with Crippen LogP contribution in [-0.2, 0) is 6.54 Å². The zero-order chi connectivity index (χ0) is 20.8. The molecule has 0 radical (unpaired) electrons. The number of aliphatic hydroxyl groups is 1. The van der Waals surface area contributed by atoms with Gasteiger partial charge in [0.25, 0.3) is 5.69 Å². The summed E-state index contributed by atoms with van der Waals surface area (Å²) in [5.41, 5.74) is 2.24. The molecule has 29 heavy (non-hydrogen) atoms. The van der Waals surface area contributed by atoms with Crippen molar-refractivity contribution in [2.75, 3.05) is 29.9 Å². The van der Waals surface area contributed by atoms with Gasteiger partial charge in [0.1, 0.15) is 0 Å². The van der Waals surface area contributed by atoms with Crippen LogP contribution in [0, 0.1) is 16.0 Å². The van der Waals surface area contributed by atoms with Crippen LogP contribution in [0.2, 0.25) is 5.02 Å². The Bertz CT molecular complexity index is 867. The van der Waals surface area contributed by atoms with E-state index in [2.05, 4.69) is 15.5 Å². The molecule has 154 valence electrons. The monoisotopic (exact) mass is 418 g/mol. The Morgan fingerprint density at radius 1 is 1.21 bits per heavy atom. The maximum atomic E-state index is 12.1. The van der Waals surface area contributed by atoms with Gasteiger partial charge >= 0.3 is 6.03 Å². The number of carbonyl (C=O) groups excluding carboxylic acids is 1. The predicted molar refractivity (Wildman–Crippen MR) is 112 cm³/mol. The van der Waals surface area contributed by atoms with Crippen LogP contribution in [0.1, 0.15) is 18.4 Å². The van der Waals surface area contributed by atoms with Crippen LogP contribution < -0.4 is 15.5 Å². The number of halogens is 1. The fraction of sp³-hybridized carbons (Fsp3) is 0.350. The second kappa shape index (κ2) is 9.58. The molecule has 0 bridgehead atoms. The molecule has 0 spiro atoms. The number of nitrogens with one attached hydrogen (secondary N) is 2. The summed E-state index contributed by atoms with van der Waals surface area (Å²) in [6.07, 6.45) is 1.98. The topological polar surface area (TPSA) is 108 Å². The number of amides is 2. The molecule has 2 aromatic carbocycles. The van der Waals surface area contributed by atoms with Gasteiger partial charge in [-0.3, -0.25) is 10.1 Å². The van der Waals surface area contributed by atoms with Crippen molar-refractivity contribution < 1.29 is 14.8 Å². The standard InChI is InChI=1S/C20H23ClN4O4/c21-18-11-17(25(28)29)5-6-19(18)23-20(27)22-12-14-1-3-16(4-2-14)24-9-7-15(13-26)8-10-24/h1-6,11,15,26H,7-10,12-13H2,(H2,22,23,27). The lowest BCUT2D eigenvalue weighted by Crippen LogP contribution is -2.34. The first-order valence-corrected chi connectivity index (χ1v) is 9.77. The molecule has 1 fully saturated rings. The minimum atomic E-state index is -0.547. The molecule has 8 nitrogen and oxygen atoms in total. The maximum absolute atomic E-state index is 12.1. The third-order valence-corrected chi connectivity index (χ3v) is 5.35. The zero-order valence-corrected chi connectivity index (χ0v) is 16.6. The SMILES string of the molecule is O=C(NCc1ccc(N2CCC(CO)CC2)cc1)Nc1ccc([N+](=O)[O-])cc1Cl. The summed E-state index contributed by atoms with van der Waals surface area (Å²) in [6, 6.07) is 11.4. The minimum absolute atomic E-state index is 0.101. The van der Waals surface area contributed by atoms with Crippen molar-refractivity contribution in [3.63, 3.8) is 0 Å². The van der Waals surface area contributed by atoms with Gasteiger partial charge in [0.15, 0.2) is 0 Å². The fourth-order valence-electron chi connectivity index (χ4n) is 3.27. The van der Waals surface area contributed by atoms with Crippen molar-refractivity contribution in [3.8, 4) is 0 Å². The van der Waals surface area contributed by atoms with E-state index in [1.165, 1.54) is 18.2 Å². The molecule has 0 aromatic heterocycles. The molecule has 1 heterocycles. The first kappa shape index (κ1) is 20.9. The average Bonchev–Trinajstić information content (AvgIpc) is 2.74. The third kappa shape index (κ3) is 5.58. The van der Waals surface area contributed by atoms with Gasteiger partial charge in [0, 0.05) is 44.1 Å². The summed E-state index contributed by atoms with van der Waals surface area (Å²) in [4.78, 5) is 24.6. The number of non-ortho nitro benzene ring substituents is 1. The Morgan fingerprint density at radius 2 is 1.90 bits per heavy atom. The molecule has 3 rings (SSSR count). The van der Waals surface area contributed by atoms with Crippen LogP contribution >= 0.6 is 11.6 Å². The van der Waals surface area contributed by atoms with Gasteiger partial charge in [0.05, 0.1) is 15.6 Å². The number of nitrogens with zero attached hydrogens (tertiary/aromatic N) is 2. The van der Waals surface area contributed by atoms with Gasteiger partial charge in [-0.15, -0.1) is 0 Å². The summed E-state index contributed by atoms with van der Waals surface area (Å²) in [7, 11) is 0. The van der Waals surface area contributed by atoms with Crippen LogP contribution in [0.15, 0.2) is 42.5 Å². The van der Waals surface area contributed by atoms with Crippen molar-refractivity contribution in [1.29, 1.82) is 0 Å². The number of hydrogen-bond donors (Lipinski definition) is 3. The summed E-state index contributed by atoms with van der Waals surface area (Å²) in [5, 5.41) is 25.4. The van der Waals surface area contributed by atoms with Crippen molar-refractivity contribution >= 4 is 34.7 Å². The molecule has 2 aromatic rings. The molecule has 3 N–H and O–H groups in total. The van der Waals surface area contributed by atoms with Crippen LogP contribution in [0.3, 0.4) is 0 Å². The van der Waals surface area contributed by atoms with Crippen LogP contribution in [-0.4, -0.2) is 35.8 Å². The Balaban J connectivity index is 1.50. The summed E-state index contributed by atoms with van der Waals surface area (Å²) in [5.74, 6) is 0.400. The van der Waals surface area contributed by atoms with Gasteiger partial charge in [-0.05, 0) is 42.5 Å². The lowest BCUT2D eigenvalue weighted by molar-refractivity contribution is -0.384. The molecule has 0 unspecified atom stereocenters. The molecule has 1 aliphatic heterocycles. The molecule has 0 saturated carbocycles. The van der Waals surface area contributed by atoms with Gasteiger partial charge in [-0.1, -0.05) is 23.7 Å². The quantitative estimate of drug-likeness (QED) is 0.488. The summed E-state index contributed by atoms with van der Waals surface area (Å²) < 4.78 is 0. The summed E-state index contributed by atoms with van der Waals surface area (Å²) >= 11 is 5.98. The van der Waals surface area contributed by atoms with Gasteiger partial charge in [-0.2, -0.15) is 0 Å². The molecule has 0 aliphatic carbocycles. The number of carbonyl (C=O) groups is 1. The first-order valence-electron chi connectivity index (χ1n) is 9.40. The third-order valence-electron chi connectivity index (χ3n) is 5.04. The number of nitro benzene ring substituents is 1. The lowest BCUT2D eigenvalue weighted by Gasteiger charge is -2.33. The Labute approximate surface area is 173 Å². The highest BCUT2D eigenvalue weighted by Gasteiger charge is 2.18. The Morgan fingerprint density at radius 3 is 2.48 bits per heavy atom. The minimum Gasteiger partial charge on any atom is -0.396 e. The Hall–Kier alpha value is -2.84. The first-order chi connectivity index (χ1) is 14.0. The average molecular weight is 419 g/mol. The Kier molecular flexibility index (Phi) is 6.90. The second-order valence-corrected chi connectivity index (χ2v) is 7.42. The molecule has 9 heteroatoms. The molecule has 1 aliphatic rings. The highest BCUT2D eigenvalue weighted by molar-refractivity contribution is 6.33. The molecular weight excluding hydrogens is 396 g/mol. The number of aliphatic hydroxyl groups excluding tert-OH is 1. The van der Waals surface area contributed by atoms with Crippen molar-refractivity contribution in [2.24, 2.45) is 5.92 Å². The lowest BCUT2D eigenvalue weighted by atomic mass is 9.97. The van der Waals surface area contributed by atoms with Gasteiger partial charge in [0.2, 0.25) is 0 Å². The number of urea groups is 1. The largest absolute Gasteiger partial charge is 0.396 e. The van der Waals surface area contributed by atoms with E-state index in [1.807, 2.05) is 24.3 Å².